The number of rotatable bonds is 15. The van der Waals surface area contributed by atoms with Gasteiger partial charge in [0.2, 0.25) is 0 Å². The Labute approximate surface area is 243 Å². The smallest absolute Gasteiger partial charge is 0.187 e. The van der Waals surface area contributed by atoms with Crippen LogP contribution in [0.3, 0.4) is 0 Å². The molecule has 3 aliphatic heterocycles. The molecule has 0 aliphatic carbocycles. The van der Waals surface area contributed by atoms with Gasteiger partial charge in [-0.15, -0.1) is 0 Å². The zero-order valence-corrected chi connectivity index (χ0v) is 23.7. The topological polar surface area (TPSA) is 266 Å². The molecule has 3 aliphatic rings. The molecule has 17 heteroatoms. The molecule has 3 rings (SSSR count). The molecule has 0 amide bonds. The van der Waals surface area contributed by atoms with Gasteiger partial charge in [-0.05, 0) is 24.3 Å². The van der Waals surface area contributed by atoms with Crippen LogP contribution >= 0.6 is 0 Å². The minimum atomic E-state index is -1.69. The van der Waals surface area contributed by atoms with Gasteiger partial charge >= 0.3 is 0 Å². The van der Waals surface area contributed by atoms with Crippen LogP contribution in [-0.2, 0) is 28.4 Å². The van der Waals surface area contributed by atoms with Crippen LogP contribution in [0.2, 0.25) is 0 Å². The van der Waals surface area contributed by atoms with Crippen molar-refractivity contribution in [1.82, 2.24) is 0 Å². The lowest BCUT2D eigenvalue weighted by Gasteiger charge is -2.48. The molecule has 3 saturated heterocycles. The molecule has 0 aromatic rings. The Morgan fingerprint density at radius 3 is 2.05 bits per heavy atom. The number of azide groups is 1. The molecule has 244 valence electrons. The fourth-order valence-corrected chi connectivity index (χ4v) is 5.28. The Morgan fingerprint density at radius 1 is 0.762 bits per heavy atom. The summed E-state index contributed by atoms with van der Waals surface area (Å²) in [4.78, 5) is 2.71. The van der Waals surface area contributed by atoms with E-state index < -0.39 is 106 Å². The van der Waals surface area contributed by atoms with Gasteiger partial charge in [-0.3, -0.25) is 0 Å². The normalized spacial score (nSPS) is 43.2. The third kappa shape index (κ3) is 8.26. The van der Waals surface area contributed by atoms with Crippen LogP contribution in [-0.4, -0.2) is 154 Å². The van der Waals surface area contributed by atoms with E-state index in [1.165, 1.54) is 0 Å². The summed E-state index contributed by atoms with van der Waals surface area (Å²) in [5.74, 6) is -0.789. The average molecular weight is 612 g/mol. The quantitative estimate of drug-likeness (QED) is 0.0411. The molecular weight excluding hydrogens is 566 g/mol. The summed E-state index contributed by atoms with van der Waals surface area (Å²) >= 11 is 0. The van der Waals surface area contributed by atoms with Gasteiger partial charge in [-0.25, -0.2) is 0 Å². The van der Waals surface area contributed by atoms with Crippen molar-refractivity contribution in [3.63, 3.8) is 0 Å². The largest absolute Gasteiger partial charge is 0.394 e. The minimum Gasteiger partial charge on any atom is -0.394 e. The number of aliphatic hydroxyl groups excluding tert-OH is 8. The zero-order chi connectivity index (χ0) is 31.0. The van der Waals surface area contributed by atoms with Crippen LogP contribution in [0.4, 0.5) is 0 Å². The second-order valence-corrected chi connectivity index (χ2v) is 10.9. The second-order valence-electron chi connectivity index (χ2n) is 10.9. The fourth-order valence-electron chi connectivity index (χ4n) is 5.28. The summed E-state index contributed by atoms with van der Waals surface area (Å²) in [7, 11) is 0. The van der Waals surface area contributed by atoms with Crippen molar-refractivity contribution in [1.29, 1.82) is 0 Å². The molecule has 8 N–H and O–H groups in total. The molecular formula is C25H45N3O14. The summed E-state index contributed by atoms with van der Waals surface area (Å²) in [6.07, 6.45) is -15.7. The lowest BCUT2D eigenvalue weighted by Crippen LogP contribution is -2.64. The van der Waals surface area contributed by atoms with Crippen LogP contribution in [0, 0.1) is 11.8 Å². The second kappa shape index (κ2) is 16.7. The first-order chi connectivity index (χ1) is 20.1. The van der Waals surface area contributed by atoms with Gasteiger partial charge < -0.3 is 69.3 Å². The summed E-state index contributed by atoms with van der Waals surface area (Å²) in [5.41, 5.74) is 8.42. The van der Waals surface area contributed by atoms with Crippen LogP contribution in [0.25, 0.3) is 10.4 Å². The summed E-state index contributed by atoms with van der Waals surface area (Å²) in [6.45, 7) is 2.10. The molecule has 5 unspecified atom stereocenters. The predicted octanol–water partition coefficient (Wildman–Crippen LogP) is -2.52. The third-order valence-electron chi connectivity index (χ3n) is 8.12. The highest BCUT2D eigenvalue weighted by Crippen LogP contribution is 2.37. The van der Waals surface area contributed by atoms with Gasteiger partial charge in [-0.1, -0.05) is 25.4 Å². The highest BCUT2D eigenvalue weighted by molar-refractivity contribution is 4.96. The van der Waals surface area contributed by atoms with Crippen molar-refractivity contribution in [3.05, 3.63) is 10.4 Å². The van der Waals surface area contributed by atoms with E-state index in [2.05, 4.69) is 10.0 Å². The fraction of sp³-hybridized carbons (Fsp3) is 1.00. The lowest BCUT2D eigenvalue weighted by atomic mass is 9.84. The highest BCUT2D eigenvalue weighted by Gasteiger charge is 2.54. The number of ether oxygens (including phenoxy) is 6. The molecule has 3 heterocycles. The van der Waals surface area contributed by atoms with Crippen molar-refractivity contribution in [2.45, 2.75) is 113 Å². The first-order valence-corrected chi connectivity index (χ1v) is 14.2. The summed E-state index contributed by atoms with van der Waals surface area (Å²) in [5, 5.41) is 85.0. The maximum absolute atomic E-state index is 11.1. The van der Waals surface area contributed by atoms with Gasteiger partial charge in [0.1, 0.15) is 54.9 Å². The predicted molar refractivity (Wildman–Crippen MR) is 139 cm³/mol. The molecule has 3 fully saturated rings. The van der Waals surface area contributed by atoms with E-state index >= 15 is 0 Å². The Kier molecular flexibility index (Phi) is 14.0. The first-order valence-electron chi connectivity index (χ1n) is 14.2. The molecule has 0 bridgehead atoms. The molecule has 15 atom stereocenters. The Morgan fingerprint density at radius 2 is 1.40 bits per heavy atom. The molecule has 0 radical (unpaired) electrons. The maximum Gasteiger partial charge on any atom is 0.187 e. The average Bonchev–Trinajstić information content (AvgIpc) is 3.27. The summed E-state index contributed by atoms with van der Waals surface area (Å²) < 4.78 is 35.3. The Bertz CT molecular complexity index is 853. The molecule has 17 nitrogen and oxygen atoms in total. The van der Waals surface area contributed by atoms with Gasteiger partial charge in [0.15, 0.2) is 18.9 Å². The first kappa shape index (κ1) is 35.2. The monoisotopic (exact) mass is 611 g/mol. The minimum absolute atomic E-state index is 0.142. The number of hydrogen-bond acceptors (Lipinski definition) is 15. The van der Waals surface area contributed by atoms with E-state index in [0.29, 0.717) is 25.8 Å². The molecule has 0 spiro atoms. The van der Waals surface area contributed by atoms with E-state index in [4.69, 9.17) is 34.0 Å². The Hall–Kier alpha value is -1.25. The number of aliphatic hydroxyl groups is 8. The molecule has 42 heavy (non-hydrogen) atoms. The van der Waals surface area contributed by atoms with Crippen molar-refractivity contribution in [2.75, 3.05) is 33.0 Å². The SMILES string of the molecule is CC1[C@@H](OC2[C@@H](OCCCCCN=[N+]=[N-])OC(CO)[C@H](O)[C@@H]2O[C@@H]2O[C@@H]([C@H](O)CO)C(O)[C@@H]2O)OC(CO)[C@H](O)[C@@H]1C. The standard InChI is InChI=1S/C25H45N3O14/c1-11-12(2)23(38-14(9-30)16(11)33)42-22-21(41-24-19(36)18(35)20(40-24)13(32)8-29)17(34)15(10-31)39-25(22)37-7-5-3-4-6-27-28-26/h11-25,29-36H,3-10H2,1-2H3/t11-,12?,13-,14?,15?,16-,17+,18?,19+,20+,21+,22?,23-,24+,25+/m1/s1. The van der Waals surface area contributed by atoms with E-state index in [1.54, 1.807) is 13.8 Å². The number of unbranched alkanes of at least 4 members (excludes halogenated alkanes) is 2. The van der Waals surface area contributed by atoms with E-state index in [9.17, 15) is 40.9 Å². The number of nitrogens with zero attached hydrogens (tertiary/aromatic N) is 3. The third-order valence-corrected chi connectivity index (χ3v) is 8.12. The van der Waals surface area contributed by atoms with Crippen LogP contribution in [0.15, 0.2) is 5.11 Å². The van der Waals surface area contributed by atoms with Crippen LogP contribution in [0.5, 0.6) is 0 Å². The van der Waals surface area contributed by atoms with Crippen molar-refractivity contribution in [3.8, 4) is 0 Å². The maximum atomic E-state index is 11.1. The Balaban J connectivity index is 1.84. The van der Waals surface area contributed by atoms with Crippen LogP contribution in [0.1, 0.15) is 33.1 Å². The highest BCUT2D eigenvalue weighted by atomic mass is 16.8. The van der Waals surface area contributed by atoms with Gasteiger partial charge in [-0.2, -0.15) is 0 Å². The summed E-state index contributed by atoms with van der Waals surface area (Å²) in [6, 6.07) is 0. The van der Waals surface area contributed by atoms with Crippen molar-refractivity contribution < 1.29 is 69.3 Å². The van der Waals surface area contributed by atoms with Gasteiger partial charge in [0.25, 0.3) is 0 Å². The van der Waals surface area contributed by atoms with Crippen molar-refractivity contribution in [2.24, 2.45) is 17.0 Å². The molecule has 0 saturated carbocycles. The number of hydrogen-bond donors (Lipinski definition) is 8. The van der Waals surface area contributed by atoms with Crippen molar-refractivity contribution >= 4 is 0 Å². The zero-order valence-electron chi connectivity index (χ0n) is 23.7. The lowest BCUT2D eigenvalue weighted by molar-refractivity contribution is -0.373. The molecule has 0 aromatic carbocycles. The van der Waals surface area contributed by atoms with Crippen LogP contribution < -0.4 is 0 Å². The van der Waals surface area contributed by atoms with E-state index in [1.807, 2.05) is 0 Å². The van der Waals surface area contributed by atoms with E-state index in [0.717, 1.165) is 0 Å². The van der Waals surface area contributed by atoms with Gasteiger partial charge in [0.05, 0.1) is 25.9 Å². The molecule has 0 aromatic heterocycles. The van der Waals surface area contributed by atoms with Gasteiger partial charge in [0, 0.05) is 24.0 Å². The van der Waals surface area contributed by atoms with E-state index in [-0.39, 0.29) is 12.5 Å².